The molecule has 1 unspecified atom stereocenters. The van der Waals surface area contributed by atoms with Crippen LogP contribution in [0.3, 0.4) is 0 Å². The Morgan fingerprint density at radius 3 is 0.981 bits per heavy atom. The quantitative estimate of drug-likeness (QED) is 0.0351. The third-order valence-electron chi connectivity index (χ3n) is 10.9. The summed E-state index contributed by atoms with van der Waals surface area (Å²) in [4.78, 5) is 37.6. The van der Waals surface area contributed by atoms with Crippen molar-refractivity contribution in [1.82, 2.24) is 0 Å². The molecule has 53 heavy (non-hydrogen) atoms. The SMILES string of the molecule is CCCCCCCCCCCCCCCCCCCCC(=O)OC[C@@H](COC(=O)CCCCCCCCC(C)CC)OC(=O)CCCCCCCCC. The van der Waals surface area contributed by atoms with E-state index in [4.69, 9.17) is 14.2 Å². The first kappa shape index (κ1) is 51.4. The molecule has 0 rings (SSSR count). The Morgan fingerprint density at radius 1 is 0.377 bits per heavy atom. The maximum absolute atomic E-state index is 12.6. The van der Waals surface area contributed by atoms with E-state index in [1.54, 1.807) is 0 Å². The number of esters is 3. The highest BCUT2D eigenvalue weighted by Gasteiger charge is 2.19. The molecule has 0 aliphatic carbocycles. The molecule has 0 radical (unpaired) electrons. The number of hydrogen-bond donors (Lipinski definition) is 0. The summed E-state index contributed by atoms with van der Waals surface area (Å²) in [6, 6.07) is 0. The zero-order chi connectivity index (χ0) is 38.9. The third kappa shape index (κ3) is 39.9. The van der Waals surface area contributed by atoms with E-state index >= 15 is 0 Å². The smallest absolute Gasteiger partial charge is 0.306 e. The Labute approximate surface area is 329 Å². The topological polar surface area (TPSA) is 78.9 Å². The van der Waals surface area contributed by atoms with Crippen molar-refractivity contribution < 1.29 is 28.6 Å². The summed E-state index contributed by atoms with van der Waals surface area (Å²) in [5.41, 5.74) is 0. The molecular weight excluding hydrogens is 661 g/mol. The van der Waals surface area contributed by atoms with Gasteiger partial charge in [0.1, 0.15) is 13.2 Å². The van der Waals surface area contributed by atoms with Gasteiger partial charge in [-0.2, -0.15) is 0 Å². The van der Waals surface area contributed by atoms with Crippen molar-refractivity contribution in [3.63, 3.8) is 0 Å². The van der Waals surface area contributed by atoms with Gasteiger partial charge in [0.15, 0.2) is 6.10 Å². The van der Waals surface area contributed by atoms with Gasteiger partial charge in [0, 0.05) is 19.3 Å². The Morgan fingerprint density at radius 2 is 0.660 bits per heavy atom. The molecular formula is C47H90O6. The van der Waals surface area contributed by atoms with E-state index in [0.29, 0.717) is 19.3 Å². The molecule has 0 heterocycles. The van der Waals surface area contributed by atoms with Gasteiger partial charge in [0.05, 0.1) is 0 Å². The van der Waals surface area contributed by atoms with Crippen molar-refractivity contribution >= 4 is 17.9 Å². The van der Waals surface area contributed by atoms with E-state index in [2.05, 4.69) is 27.7 Å². The third-order valence-corrected chi connectivity index (χ3v) is 10.9. The van der Waals surface area contributed by atoms with Crippen molar-refractivity contribution in [2.45, 2.75) is 265 Å². The van der Waals surface area contributed by atoms with Gasteiger partial charge in [0.2, 0.25) is 0 Å². The average Bonchev–Trinajstić information content (AvgIpc) is 3.15. The zero-order valence-corrected chi connectivity index (χ0v) is 36.0. The molecule has 0 fully saturated rings. The average molecular weight is 751 g/mol. The van der Waals surface area contributed by atoms with Gasteiger partial charge in [-0.15, -0.1) is 0 Å². The van der Waals surface area contributed by atoms with Gasteiger partial charge < -0.3 is 14.2 Å². The molecule has 0 saturated carbocycles. The van der Waals surface area contributed by atoms with Crippen LogP contribution in [0.15, 0.2) is 0 Å². The molecule has 314 valence electrons. The lowest BCUT2D eigenvalue weighted by molar-refractivity contribution is -0.167. The van der Waals surface area contributed by atoms with Gasteiger partial charge in [-0.1, -0.05) is 220 Å². The molecule has 0 N–H and O–H groups in total. The van der Waals surface area contributed by atoms with Crippen molar-refractivity contribution in [1.29, 1.82) is 0 Å². The number of hydrogen-bond acceptors (Lipinski definition) is 6. The lowest BCUT2D eigenvalue weighted by atomic mass is 10.00. The fourth-order valence-electron chi connectivity index (χ4n) is 6.95. The second-order valence-electron chi connectivity index (χ2n) is 16.3. The molecule has 0 spiro atoms. The lowest BCUT2D eigenvalue weighted by Crippen LogP contribution is -2.30. The molecule has 0 bridgehead atoms. The zero-order valence-electron chi connectivity index (χ0n) is 36.0. The monoisotopic (exact) mass is 751 g/mol. The Bertz CT molecular complexity index is 798. The van der Waals surface area contributed by atoms with Gasteiger partial charge in [-0.25, -0.2) is 0 Å². The molecule has 2 atom stereocenters. The van der Waals surface area contributed by atoms with Crippen LogP contribution in [-0.2, 0) is 28.6 Å². The molecule has 0 aliphatic rings. The van der Waals surface area contributed by atoms with Crippen LogP contribution in [-0.4, -0.2) is 37.2 Å². The molecule has 0 aromatic heterocycles. The van der Waals surface area contributed by atoms with E-state index in [9.17, 15) is 14.4 Å². The highest BCUT2D eigenvalue weighted by atomic mass is 16.6. The van der Waals surface area contributed by atoms with Crippen LogP contribution < -0.4 is 0 Å². The summed E-state index contributed by atoms with van der Waals surface area (Å²) in [5.74, 6) is -0.0484. The minimum absolute atomic E-state index is 0.0649. The van der Waals surface area contributed by atoms with Crippen molar-refractivity contribution in [2.24, 2.45) is 5.92 Å². The summed E-state index contributed by atoms with van der Waals surface area (Å²) >= 11 is 0. The van der Waals surface area contributed by atoms with Gasteiger partial charge >= 0.3 is 17.9 Å². The maximum Gasteiger partial charge on any atom is 0.306 e. The number of carbonyl (C=O) groups excluding carboxylic acids is 3. The fourth-order valence-corrected chi connectivity index (χ4v) is 6.95. The van der Waals surface area contributed by atoms with E-state index in [1.165, 1.54) is 154 Å². The number of ether oxygens (including phenoxy) is 3. The molecule has 0 aromatic rings. The van der Waals surface area contributed by atoms with Gasteiger partial charge in [-0.3, -0.25) is 14.4 Å². The predicted octanol–water partition coefficient (Wildman–Crippen LogP) is 14.7. The van der Waals surface area contributed by atoms with Crippen LogP contribution in [0.4, 0.5) is 0 Å². The number of unbranched alkanes of at least 4 members (excludes halogenated alkanes) is 28. The number of rotatable bonds is 42. The molecule has 0 aliphatic heterocycles. The van der Waals surface area contributed by atoms with Gasteiger partial charge in [-0.05, 0) is 25.2 Å². The summed E-state index contributed by atoms with van der Waals surface area (Å²) in [5, 5.41) is 0. The lowest BCUT2D eigenvalue weighted by Gasteiger charge is -2.18. The predicted molar refractivity (Wildman–Crippen MR) is 224 cm³/mol. The minimum Gasteiger partial charge on any atom is -0.462 e. The first-order valence-corrected chi connectivity index (χ1v) is 23.4. The van der Waals surface area contributed by atoms with Crippen LogP contribution in [0.25, 0.3) is 0 Å². The van der Waals surface area contributed by atoms with Crippen LogP contribution in [0.2, 0.25) is 0 Å². The summed E-state index contributed by atoms with van der Waals surface area (Å²) in [6.45, 7) is 8.93. The molecule has 6 nitrogen and oxygen atoms in total. The Kier molecular flexibility index (Phi) is 40.3. The second-order valence-corrected chi connectivity index (χ2v) is 16.3. The van der Waals surface area contributed by atoms with Crippen LogP contribution in [0, 0.1) is 5.92 Å². The largest absolute Gasteiger partial charge is 0.462 e. The summed E-state index contributed by atoms with van der Waals surface area (Å²) in [7, 11) is 0. The fraction of sp³-hybridized carbons (Fsp3) is 0.936. The first-order valence-electron chi connectivity index (χ1n) is 23.4. The molecule has 0 amide bonds. The van der Waals surface area contributed by atoms with Crippen LogP contribution in [0.1, 0.15) is 259 Å². The molecule has 6 heteroatoms. The first-order chi connectivity index (χ1) is 25.9. The maximum atomic E-state index is 12.6. The van der Waals surface area contributed by atoms with E-state index in [1.807, 2.05) is 0 Å². The standard InChI is InChI=1S/C47H90O6/c1-5-8-10-12-14-15-16-17-18-19-20-21-22-23-24-26-30-34-38-45(48)51-41-44(53-47(50)40-36-32-25-13-11-9-6-2)42-52-46(49)39-35-31-28-27-29-33-37-43(4)7-3/h43-44H,5-42H2,1-4H3/t43?,44-/m0/s1. The Hall–Kier alpha value is -1.59. The molecule has 0 aromatic carbocycles. The highest BCUT2D eigenvalue weighted by Crippen LogP contribution is 2.17. The second kappa shape index (κ2) is 41.6. The van der Waals surface area contributed by atoms with Crippen molar-refractivity contribution in [3.05, 3.63) is 0 Å². The van der Waals surface area contributed by atoms with Crippen LogP contribution >= 0.6 is 0 Å². The minimum atomic E-state index is -0.759. The van der Waals surface area contributed by atoms with Crippen molar-refractivity contribution in [2.75, 3.05) is 13.2 Å². The summed E-state index contributed by atoms with van der Waals surface area (Å²) in [6.07, 6.45) is 41.1. The van der Waals surface area contributed by atoms with Crippen LogP contribution in [0.5, 0.6) is 0 Å². The van der Waals surface area contributed by atoms with E-state index in [-0.39, 0.29) is 31.1 Å². The van der Waals surface area contributed by atoms with Gasteiger partial charge in [0.25, 0.3) is 0 Å². The van der Waals surface area contributed by atoms with Crippen molar-refractivity contribution in [3.8, 4) is 0 Å². The summed E-state index contributed by atoms with van der Waals surface area (Å²) < 4.78 is 16.7. The highest BCUT2D eigenvalue weighted by molar-refractivity contribution is 5.71. The normalized spacial score (nSPS) is 12.5. The number of carbonyl (C=O) groups is 3. The van der Waals surface area contributed by atoms with E-state index in [0.717, 1.165) is 63.7 Å². The molecule has 0 saturated heterocycles. The Balaban J connectivity index is 4.16. The van der Waals surface area contributed by atoms with E-state index < -0.39 is 6.10 Å².